The summed E-state index contributed by atoms with van der Waals surface area (Å²) >= 11 is 0. The molecule has 138 valence electrons. The van der Waals surface area contributed by atoms with E-state index in [1.165, 1.54) is 29.8 Å². The lowest BCUT2D eigenvalue weighted by Gasteiger charge is -2.23. The van der Waals surface area contributed by atoms with Crippen LogP contribution in [0.2, 0.25) is 0 Å². The van der Waals surface area contributed by atoms with Crippen LogP contribution < -0.4 is 4.90 Å². The summed E-state index contributed by atoms with van der Waals surface area (Å²) < 4.78 is 5.30. The summed E-state index contributed by atoms with van der Waals surface area (Å²) in [5.41, 5.74) is 4.85. The first-order valence-corrected chi connectivity index (χ1v) is 8.63. The molecule has 0 saturated carbocycles. The maximum absolute atomic E-state index is 5.30. The van der Waals surface area contributed by atoms with Crippen LogP contribution in [0.15, 0.2) is 53.5 Å². The lowest BCUT2D eigenvalue weighted by atomic mass is 10.0. The molecule has 0 spiro atoms. The van der Waals surface area contributed by atoms with Gasteiger partial charge < -0.3 is 14.2 Å². The van der Waals surface area contributed by atoms with Crippen LogP contribution in [0.4, 0.5) is 5.82 Å². The van der Waals surface area contributed by atoms with Gasteiger partial charge in [-0.1, -0.05) is 12.1 Å². The molecule has 0 bridgehead atoms. The zero-order valence-corrected chi connectivity index (χ0v) is 16.3. The van der Waals surface area contributed by atoms with Crippen molar-refractivity contribution in [3.63, 3.8) is 0 Å². The van der Waals surface area contributed by atoms with Gasteiger partial charge in [0.25, 0.3) is 0 Å². The molecular formula is C20H23Cl2N3O. The molecule has 2 unspecified atom stereocenters. The Labute approximate surface area is 166 Å². The van der Waals surface area contributed by atoms with Gasteiger partial charge in [-0.3, -0.25) is 0 Å². The summed E-state index contributed by atoms with van der Waals surface area (Å²) in [6.45, 7) is 4.66. The van der Waals surface area contributed by atoms with Gasteiger partial charge >= 0.3 is 0 Å². The monoisotopic (exact) mass is 391 g/mol. The molecule has 0 N–H and O–H groups in total. The molecule has 1 aromatic rings. The number of likely N-dealkylation sites (tertiary alicyclic amines) is 1. The van der Waals surface area contributed by atoms with E-state index in [2.05, 4.69) is 41.1 Å². The minimum Gasteiger partial charge on any atom is -0.472 e. The van der Waals surface area contributed by atoms with E-state index in [0.717, 1.165) is 36.3 Å². The van der Waals surface area contributed by atoms with Crippen LogP contribution in [-0.4, -0.2) is 43.1 Å². The van der Waals surface area contributed by atoms with Gasteiger partial charge in [0.05, 0.1) is 12.5 Å². The highest BCUT2D eigenvalue weighted by molar-refractivity contribution is 5.90. The summed E-state index contributed by atoms with van der Waals surface area (Å²) in [6, 6.07) is 10.6. The third-order valence-corrected chi connectivity index (χ3v) is 5.58. The second-order valence-electron chi connectivity index (χ2n) is 7.19. The number of aromatic nitrogens is 1. The zero-order chi connectivity index (χ0) is 16.1. The Morgan fingerprint density at radius 3 is 2.46 bits per heavy atom. The minimum atomic E-state index is 0. The molecule has 5 rings (SSSR count). The van der Waals surface area contributed by atoms with Crippen molar-refractivity contribution in [3.05, 3.63) is 49.1 Å². The highest BCUT2D eigenvalue weighted by Crippen LogP contribution is 2.41. The molecule has 0 amide bonds. The van der Waals surface area contributed by atoms with E-state index in [1.807, 2.05) is 18.5 Å². The summed E-state index contributed by atoms with van der Waals surface area (Å²) in [4.78, 5) is 9.71. The van der Waals surface area contributed by atoms with E-state index in [9.17, 15) is 0 Å². The van der Waals surface area contributed by atoms with Crippen LogP contribution >= 0.6 is 24.8 Å². The van der Waals surface area contributed by atoms with E-state index in [0.29, 0.717) is 0 Å². The Balaban J connectivity index is 0.000000980. The Bertz CT molecular complexity index is 838. The van der Waals surface area contributed by atoms with Crippen molar-refractivity contribution < 1.29 is 4.42 Å². The number of nitrogens with zero attached hydrogens (tertiary/aromatic N) is 3. The lowest BCUT2D eigenvalue weighted by molar-refractivity contribution is 0.387. The second-order valence-corrected chi connectivity index (χ2v) is 7.19. The third-order valence-electron chi connectivity index (χ3n) is 5.58. The van der Waals surface area contributed by atoms with E-state index < -0.39 is 0 Å². The maximum Gasteiger partial charge on any atom is 0.136 e. The predicted molar refractivity (Wildman–Crippen MR) is 110 cm³/mol. The third kappa shape index (κ3) is 3.07. The average Bonchev–Trinajstić information content (AvgIpc) is 3.27. The fourth-order valence-corrected chi connectivity index (χ4v) is 4.51. The summed E-state index contributed by atoms with van der Waals surface area (Å²) in [5, 5.41) is 0. The molecule has 2 fully saturated rings. The first kappa shape index (κ1) is 19.0. The van der Waals surface area contributed by atoms with Gasteiger partial charge in [0.1, 0.15) is 5.82 Å². The van der Waals surface area contributed by atoms with Crippen LogP contribution in [0.5, 0.6) is 0 Å². The molecule has 0 radical (unpaired) electrons. The second kappa shape index (κ2) is 7.47. The normalized spacial score (nSPS) is 22.1. The first-order chi connectivity index (χ1) is 11.8. The topological polar surface area (TPSA) is 32.5 Å². The molecule has 4 aliphatic rings. The highest BCUT2D eigenvalue weighted by Gasteiger charge is 2.39. The van der Waals surface area contributed by atoms with Crippen LogP contribution in [0.25, 0.3) is 22.3 Å². The van der Waals surface area contributed by atoms with Crippen molar-refractivity contribution >= 4 is 30.6 Å². The molecule has 2 atom stereocenters. The summed E-state index contributed by atoms with van der Waals surface area (Å²) in [7, 11) is 2.23. The van der Waals surface area contributed by atoms with Gasteiger partial charge in [-0.05, 0) is 48.2 Å². The Morgan fingerprint density at radius 2 is 1.69 bits per heavy atom. The molecule has 0 aromatic carbocycles. The SMILES string of the molecule is CN1CC2CN(c3ncccc3-c3ccc4coccc3-4)CC2C1.Cl.Cl. The molecule has 26 heavy (non-hydrogen) atoms. The van der Waals surface area contributed by atoms with E-state index in [4.69, 9.17) is 9.40 Å². The van der Waals surface area contributed by atoms with Crippen molar-refractivity contribution in [2.45, 2.75) is 0 Å². The average molecular weight is 392 g/mol. The number of rotatable bonds is 2. The van der Waals surface area contributed by atoms with Crippen molar-refractivity contribution in [1.82, 2.24) is 9.88 Å². The number of fused-ring (bicyclic) bond motifs is 2. The number of anilines is 1. The minimum absolute atomic E-state index is 0. The molecule has 2 saturated heterocycles. The smallest absolute Gasteiger partial charge is 0.136 e. The van der Waals surface area contributed by atoms with Crippen LogP contribution in [0.1, 0.15) is 0 Å². The van der Waals surface area contributed by atoms with E-state index >= 15 is 0 Å². The fourth-order valence-electron chi connectivity index (χ4n) is 4.51. The van der Waals surface area contributed by atoms with Gasteiger partial charge in [-0.15, -0.1) is 24.8 Å². The van der Waals surface area contributed by atoms with Gasteiger partial charge in [0.2, 0.25) is 0 Å². The molecule has 3 aliphatic heterocycles. The fraction of sp³-hybridized carbons (Fsp3) is 0.350. The quantitative estimate of drug-likeness (QED) is 0.652. The zero-order valence-electron chi connectivity index (χ0n) is 14.7. The molecule has 4 nitrogen and oxygen atoms in total. The number of hydrogen-bond donors (Lipinski definition) is 0. The summed E-state index contributed by atoms with van der Waals surface area (Å²) in [6.07, 6.45) is 5.47. The van der Waals surface area contributed by atoms with Crippen molar-refractivity contribution in [3.8, 4) is 22.3 Å². The van der Waals surface area contributed by atoms with Crippen LogP contribution in [-0.2, 0) is 0 Å². The molecule has 4 heterocycles. The Kier molecular flexibility index (Phi) is 5.47. The van der Waals surface area contributed by atoms with Gasteiger partial charge in [-0.25, -0.2) is 4.98 Å². The maximum atomic E-state index is 5.30. The van der Waals surface area contributed by atoms with Crippen molar-refractivity contribution in [1.29, 1.82) is 0 Å². The largest absolute Gasteiger partial charge is 0.472 e. The van der Waals surface area contributed by atoms with Gasteiger partial charge in [-0.2, -0.15) is 0 Å². The number of hydrogen-bond acceptors (Lipinski definition) is 4. The first-order valence-electron chi connectivity index (χ1n) is 8.63. The summed E-state index contributed by atoms with van der Waals surface area (Å²) in [5.74, 6) is 2.68. The highest BCUT2D eigenvalue weighted by atomic mass is 35.5. The Hall–Kier alpha value is -1.75. The van der Waals surface area contributed by atoms with Crippen LogP contribution in [0.3, 0.4) is 0 Å². The van der Waals surface area contributed by atoms with Gasteiger partial charge in [0.15, 0.2) is 0 Å². The molecular weight excluding hydrogens is 369 g/mol. The number of halogens is 2. The standard InChI is InChI=1S/C20H21N3O.2ClH/c1-22-9-15-11-23(12-16(15)10-22)20-19(3-2-7-21-20)18-5-4-14-13-24-8-6-17(14)18;;/h2-8,13,15-16H,9-12H2,1H3;2*1H. The predicted octanol–water partition coefficient (Wildman–Crippen LogP) is 4.29. The van der Waals surface area contributed by atoms with Gasteiger partial charge in [0, 0.05) is 43.5 Å². The lowest BCUT2D eigenvalue weighted by Crippen LogP contribution is -2.27. The van der Waals surface area contributed by atoms with E-state index in [1.54, 1.807) is 6.26 Å². The van der Waals surface area contributed by atoms with Crippen molar-refractivity contribution in [2.75, 3.05) is 38.1 Å². The number of pyridine rings is 1. The molecule has 1 aromatic heterocycles. The molecule has 1 aliphatic carbocycles. The van der Waals surface area contributed by atoms with E-state index in [-0.39, 0.29) is 24.8 Å². The van der Waals surface area contributed by atoms with Crippen molar-refractivity contribution in [2.24, 2.45) is 11.8 Å². The van der Waals surface area contributed by atoms with Crippen LogP contribution in [0, 0.1) is 11.8 Å². The Morgan fingerprint density at radius 1 is 0.923 bits per heavy atom. The molecule has 6 heteroatoms.